The van der Waals surface area contributed by atoms with Gasteiger partial charge >= 0.3 is 20.1 Å². The van der Waals surface area contributed by atoms with Gasteiger partial charge in [-0.25, -0.2) is 0 Å². The second-order valence-corrected chi connectivity index (χ2v) is 39.7. The number of aryl methyl sites for hydroxylation is 1. The van der Waals surface area contributed by atoms with E-state index in [1.165, 1.54) is 185 Å². The van der Waals surface area contributed by atoms with E-state index in [0.29, 0.717) is 0 Å². The fourth-order valence-electron chi connectivity index (χ4n) is 22.5. The zero-order chi connectivity index (χ0) is 98.5. The van der Waals surface area contributed by atoms with Crippen molar-refractivity contribution >= 4 is 135 Å². The largest absolute Gasteiger partial charge is 3.00 e. The standard InChI is InChI=1S/3C36H24N.C11H12N2.2C8H6N3.3Ir/c1-36(2)33-16-15-23(35-18-22-9-3-4-10-24(22)21-37-35)17-31(33)32-19-29-27-13-7-5-11-25(27)26-12-6-8-14-28(26)30(29)20-34(32)36;2*1-36(2)31-17-15-23(33-20-22-9-3-4-10-24(22)21-37-33)19-30(31)35-32(36)18-16-29-27-13-6-5-11-25(27)26-12-7-8-14-28(26)34(29)35;1-10-3-5-11(6-4-10)13-8-7-12(2)9-13;2*1-2-5-9-7(3-1)8-4-6-10-11-8;;;/h3*3-14,16-21H,1-2H3;3-5,7-9H,1-2H3;2*1-6H;;;/q3*-1;-2;2*-1;;;+3. The first-order valence-corrected chi connectivity index (χ1v) is 49.6. The van der Waals surface area contributed by atoms with E-state index in [1.54, 1.807) is 24.8 Å². The van der Waals surface area contributed by atoms with E-state index < -0.39 is 0 Å². The second-order valence-electron chi connectivity index (χ2n) is 39.7. The van der Waals surface area contributed by atoms with E-state index in [-0.39, 0.29) is 76.6 Å². The molecule has 19 aromatic carbocycles. The molecule has 0 atom stereocenters. The van der Waals surface area contributed by atoms with Gasteiger partial charge in [0.1, 0.15) is 0 Å². The monoisotopic (exact) mass is 2450 g/mol. The first kappa shape index (κ1) is 97.5. The molecule has 26 aromatic rings. The van der Waals surface area contributed by atoms with E-state index in [0.717, 1.165) is 78.4 Å². The Kier molecular flexibility index (Phi) is 26.3. The summed E-state index contributed by atoms with van der Waals surface area (Å²) >= 11 is 0. The van der Waals surface area contributed by atoms with Crippen molar-refractivity contribution in [2.75, 3.05) is 11.9 Å². The Balaban J connectivity index is 0.000000108. The van der Waals surface area contributed by atoms with Crippen molar-refractivity contribution in [1.29, 1.82) is 0 Å². The van der Waals surface area contributed by atoms with Gasteiger partial charge in [-0.05, 0) is 252 Å². The minimum Gasteiger partial charge on any atom is -0.574 e. The van der Waals surface area contributed by atoms with Gasteiger partial charge in [-0.15, -0.1) is 99.7 Å². The van der Waals surface area contributed by atoms with Crippen LogP contribution in [0.1, 0.15) is 80.5 Å². The van der Waals surface area contributed by atoms with Gasteiger partial charge in [0.05, 0.1) is 0 Å². The number of anilines is 1. The smallest absolute Gasteiger partial charge is 0.574 e. The maximum atomic E-state index is 4.82. The van der Waals surface area contributed by atoms with Crippen LogP contribution in [0.15, 0.2) is 432 Å². The topological polar surface area (TPSA) is 125 Å². The van der Waals surface area contributed by atoms with Crippen molar-refractivity contribution in [2.45, 2.75) is 64.7 Å². The molecule has 14 heteroatoms. The first-order valence-electron chi connectivity index (χ1n) is 49.6. The summed E-state index contributed by atoms with van der Waals surface area (Å²) in [6.45, 7) is 18.1. The Morgan fingerprint density at radius 2 is 0.597 bits per heavy atom. The number of rotatable bonds is 6. The molecule has 0 fully saturated rings. The van der Waals surface area contributed by atoms with Crippen molar-refractivity contribution in [1.82, 2.24) is 50.2 Å². The number of pyridine rings is 5. The molecule has 11 nitrogen and oxygen atoms in total. The van der Waals surface area contributed by atoms with E-state index in [4.69, 9.17) is 15.0 Å². The van der Waals surface area contributed by atoms with Crippen LogP contribution in [0.5, 0.6) is 0 Å². The number of benzene rings is 19. The van der Waals surface area contributed by atoms with E-state index in [1.807, 2.05) is 109 Å². The molecule has 0 amide bonds. The first-order chi connectivity index (χ1) is 71.5. The second kappa shape index (κ2) is 40.2. The SMILES string of the molecule is CC1(C)c2c[c-]c(-c3cc4ccccc4cn3)cc2-c2c1ccc1c3ccccc3c3ccccc3c21.CC1(C)c2c[c-]c(-c3cc4ccccc4cn3)cc2-c2c1ccc1c3ccccc3c3ccccc3c21.CC1(C)c2c[c-]c(-c3cc4ccccc4cn3)cc2-c2cc3c4ccccc4c4ccccc4c3cc21.Cc1c[c-]c(N2C=CN(C)[CH-]2)cc1.[Ir+3].[Ir].[Ir].c1ccc(-c2ccn[n-]2)nc1.c1ccc(-c2ccn[n-]2)nc1. The molecule has 1 aliphatic heterocycles. The summed E-state index contributed by atoms with van der Waals surface area (Å²) in [4.78, 5) is 26.7. The van der Waals surface area contributed by atoms with Gasteiger partial charge < -0.3 is 45.1 Å². The number of hydrogen-bond acceptors (Lipinski definition) is 9. The zero-order valence-electron chi connectivity index (χ0n) is 83.0. The van der Waals surface area contributed by atoms with Gasteiger partial charge in [0.2, 0.25) is 0 Å². The zero-order valence-corrected chi connectivity index (χ0v) is 90.2. The summed E-state index contributed by atoms with van der Waals surface area (Å²) in [5.41, 5.74) is 27.5. The summed E-state index contributed by atoms with van der Waals surface area (Å²) in [5, 5.41) is 45.9. The van der Waals surface area contributed by atoms with Crippen LogP contribution in [-0.2, 0) is 76.6 Å². The maximum Gasteiger partial charge on any atom is 3.00 e. The molecule has 149 heavy (non-hydrogen) atoms. The summed E-state index contributed by atoms with van der Waals surface area (Å²) in [7, 11) is 2.00. The summed E-state index contributed by atoms with van der Waals surface area (Å²) < 4.78 is 0. The van der Waals surface area contributed by atoms with Gasteiger partial charge in [-0.3, -0.25) is 9.97 Å². The molecule has 0 N–H and O–H groups in total. The molecule has 7 aromatic heterocycles. The van der Waals surface area contributed by atoms with Crippen LogP contribution in [0.25, 0.3) is 219 Å². The average Bonchev–Trinajstić information content (AvgIpc) is 1.58. The van der Waals surface area contributed by atoms with E-state index in [2.05, 4.69) is 425 Å². The normalized spacial score (nSPS) is 13.2. The van der Waals surface area contributed by atoms with Crippen LogP contribution in [-0.4, -0.2) is 47.1 Å². The van der Waals surface area contributed by atoms with Crippen molar-refractivity contribution in [3.05, 3.63) is 502 Å². The molecule has 30 rings (SSSR count). The molecule has 0 unspecified atom stereocenters. The summed E-state index contributed by atoms with van der Waals surface area (Å²) in [6.07, 6.45) is 16.7. The molecule has 2 radical (unpaired) electrons. The Morgan fingerprint density at radius 3 is 0.953 bits per heavy atom. The average molecular weight is 2450 g/mol. The van der Waals surface area contributed by atoms with Gasteiger partial charge in [0, 0.05) is 95.0 Å². The molecule has 0 saturated heterocycles. The third kappa shape index (κ3) is 17.5. The Hall–Kier alpha value is -16.2. The number of nitrogens with zero attached hydrogens (tertiary/aromatic N) is 11. The summed E-state index contributed by atoms with van der Waals surface area (Å²) in [5.74, 6) is 0. The molecule has 3 aliphatic carbocycles. The summed E-state index contributed by atoms with van der Waals surface area (Å²) in [6, 6.07) is 148. The van der Waals surface area contributed by atoms with Gasteiger partial charge in [-0.2, -0.15) is 30.4 Å². The number of hydrogen-bond donors (Lipinski definition) is 0. The Morgan fingerprint density at radius 1 is 0.268 bits per heavy atom. The number of aromatic nitrogens is 9. The van der Waals surface area contributed by atoms with Crippen LogP contribution in [0.3, 0.4) is 0 Å². The number of fused-ring (bicyclic) bond motifs is 32. The Bertz CT molecular complexity index is 9170. The van der Waals surface area contributed by atoms with E-state index in [9.17, 15) is 0 Å². The molecule has 8 heterocycles. The van der Waals surface area contributed by atoms with Gasteiger partial charge in [0.25, 0.3) is 0 Å². The predicted molar refractivity (Wildman–Crippen MR) is 604 cm³/mol. The van der Waals surface area contributed by atoms with Crippen LogP contribution in [0.4, 0.5) is 5.69 Å². The molecule has 4 aliphatic rings. The van der Waals surface area contributed by atoms with Crippen molar-refractivity contribution < 1.29 is 60.3 Å². The van der Waals surface area contributed by atoms with Gasteiger partial charge in [0.15, 0.2) is 0 Å². The van der Waals surface area contributed by atoms with Crippen LogP contribution in [0.2, 0.25) is 0 Å². The fraction of sp³-hybridized carbons (Fsp3) is 0.0815. The maximum absolute atomic E-state index is 4.82. The van der Waals surface area contributed by atoms with Crippen molar-refractivity contribution in [3.63, 3.8) is 0 Å². The van der Waals surface area contributed by atoms with Crippen molar-refractivity contribution in [2.24, 2.45) is 0 Å². The third-order valence-corrected chi connectivity index (χ3v) is 29.9. The van der Waals surface area contributed by atoms with Crippen LogP contribution in [0, 0.1) is 37.9 Å². The molecular weight excluding hydrogens is 2350 g/mol. The minimum atomic E-state index is -0.0998. The van der Waals surface area contributed by atoms with Crippen LogP contribution < -0.4 is 15.1 Å². The molecule has 0 saturated carbocycles. The van der Waals surface area contributed by atoms with Crippen molar-refractivity contribution in [3.8, 4) is 89.9 Å². The van der Waals surface area contributed by atoms with Crippen LogP contribution >= 0.6 is 0 Å². The molecule has 0 spiro atoms. The third-order valence-electron chi connectivity index (χ3n) is 29.9. The molecule has 722 valence electrons. The minimum absolute atomic E-state index is 0. The predicted octanol–water partition coefficient (Wildman–Crippen LogP) is 32.7. The van der Waals surface area contributed by atoms with Gasteiger partial charge in [-0.1, -0.05) is 362 Å². The molecular formula is C135H96Ir3N11-4. The molecule has 0 bridgehead atoms. The van der Waals surface area contributed by atoms with E-state index >= 15 is 0 Å². The fourth-order valence-corrected chi connectivity index (χ4v) is 22.5. The Labute approximate surface area is 906 Å². The quantitative estimate of drug-likeness (QED) is 0.117.